The van der Waals surface area contributed by atoms with E-state index in [2.05, 4.69) is 21.8 Å². The van der Waals surface area contributed by atoms with Crippen LogP contribution in [0.25, 0.3) is 0 Å². The van der Waals surface area contributed by atoms with Crippen molar-refractivity contribution in [3.8, 4) is 11.5 Å². The van der Waals surface area contributed by atoms with Crippen molar-refractivity contribution in [3.05, 3.63) is 48.4 Å². The Labute approximate surface area is 123 Å². The van der Waals surface area contributed by atoms with Crippen molar-refractivity contribution in [1.29, 1.82) is 0 Å². The molecule has 0 unspecified atom stereocenters. The topological polar surface area (TPSA) is 28.6 Å². The number of anilines is 1. The average Bonchev–Trinajstić information content (AvgIpc) is 2.48. The van der Waals surface area contributed by atoms with Gasteiger partial charge >= 0.3 is 0 Å². The van der Waals surface area contributed by atoms with Gasteiger partial charge in [0.1, 0.15) is 23.1 Å². The molecule has 0 atom stereocenters. The van der Waals surface area contributed by atoms with E-state index in [9.17, 15) is 4.39 Å². The summed E-state index contributed by atoms with van der Waals surface area (Å²) >= 11 is 0. The van der Waals surface area contributed by atoms with Crippen LogP contribution >= 0.6 is 0 Å². The number of rotatable bonds is 3. The zero-order chi connectivity index (χ0) is 14.7. The lowest BCUT2D eigenvalue weighted by Gasteiger charge is -2.33. The van der Waals surface area contributed by atoms with Crippen LogP contribution in [0.5, 0.6) is 11.5 Å². The number of ether oxygens (including phenoxy) is 1. The molecule has 1 fully saturated rings. The Balaban J connectivity index is 1.74. The molecule has 0 radical (unpaired) electrons. The van der Waals surface area contributed by atoms with E-state index in [1.807, 2.05) is 6.07 Å². The first-order valence-corrected chi connectivity index (χ1v) is 7.04. The van der Waals surface area contributed by atoms with E-state index in [0.29, 0.717) is 11.5 Å². The summed E-state index contributed by atoms with van der Waals surface area (Å²) in [4.78, 5) is 8.93. The van der Waals surface area contributed by atoms with Crippen LogP contribution in [0.15, 0.2) is 42.6 Å². The van der Waals surface area contributed by atoms with Crippen molar-refractivity contribution in [3.63, 3.8) is 0 Å². The molecule has 21 heavy (non-hydrogen) atoms. The Kier molecular flexibility index (Phi) is 4.01. The highest BCUT2D eigenvalue weighted by atomic mass is 19.1. The average molecular weight is 287 g/mol. The van der Waals surface area contributed by atoms with Gasteiger partial charge in [-0.2, -0.15) is 0 Å². The molecule has 5 heteroatoms. The van der Waals surface area contributed by atoms with Crippen LogP contribution in [0.3, 0.4) is 0 Å². The Bertz CT molecular complexity index is 612. The summed E-state index contributed by atoms with van der Waals surface area (Å²) in [7, 11) is 2.12. The van der Waals surface area contributed by atoms with Crippen molar-refractivity contribution < 1.29 is 9.13 Å². The minimum atomic E-state index is -0.305. The smallest absolute Gasteiger partial charge is 0.132 e. The number of likely N-dealkylation sites (N-methyl/N-ethyl adjacent to an activating group) is 1. The fourth-order valence-corrected chi connectivity index (χ4v) is 2.34. The number of halogens is 1. The number of nitrogens with zero attached hydrogens (tertiary/aromatic N) is 3. The van der Waals surface area contributed by atoms with Gasteiger partial charge in [0.05, 0.1) is 0 Å². The maximum atomic E-state index is 13.2. The Morgan fingerprint density at radius 2 is 1.81 bits per heavy atom. The number of hydrogen-bond donors (Lipinski definition) is 0. The molecule has 0 amide bonds. The number of pyridine rings is 1. The molecule has 0 N–H and O–H groups in total. The minimum absolute atomic E-state index is 0.305. The molecule has 0 bridgehead atoms. The zero-order valence-corrected chi connectivity index (χ0v) is 12.0. The SMILES string of the molecule is CN1CCN(c2cc(Oc3cccc(F)c3)ccn2)CC1. The third-order valence-corrected chi connectivity index (χ3v) is 3.58. The van der Waals surface area contributed by atoms with Crippen LogP contribution in [-0.2, 0) is 0 Å². The highest BCUT2D eigenvalue weighted by Gasteiger charge is 2.15. The summed E-state index contributed by atoms with van der Waals surface area (Å²) in [5.41, 5.74) is 0. The van der Waals surface area contributed by atoms with E-state index in [-0.39, 0.29) is 5.82 Å². The van der Waals surface area contributed by atoms with Gasteiger partial charge in [-0.3, -0.25) is 0 Å². The van der Waals surface area contributed by atoms with Gasteiger partial charge in [0.15, 0.2) is 0 Å². The van der Waals surface area contributed by atoms with Gasteiger partial charge in [0, 0.05) is 44.5 Å². The molecule has 0 aliphatic carbocycles. The molecule has 1 aromatic heterocycles. The Morgan fingerprint density at radius 1 is 1.05 bits per heavy atom. The molecule has 1 aliphatic rings. The largest absolute Gasteiger partial charge is 0.457 e. The van der Waals surface area contributed by atoms with Gasteiger partial charge < -0.3 is 14.5 Å². The van der Waals surface area contributed by atoms with Gasteiger partial charge in [-0.1, -0.05) is 6.07 Å². The van der Waals surface area contributed by atoms with Crippen LogP contribution in [0.1, 0.15) is 0 Å². The second kappa shape index (κ2) is 6.10. The normalized spacial score (nSPS) is 16.0. The Morgan fingerprint density at radius 3 is 2.57 bits per heavy atom. The van der Waals surface area contributed by atoms with Crippen LogP contribution in [0.2, 0.25) is 0 Å². The number of piperazine rings is 1. The first-order chi connectivity index (χ1) is 10.2. The summed E-state index contributed by atoms with van der Waals surface area (Å²) in [6.45, 7) is 3.95. The van der Waals surface area contributed by atoms with E-state index in [1.165, 1.54) is 12.1 Å². The van der Waals surface area contributed by atoms with Crippen molar-refractivity contribution in [2.45, 2.75) is 0 Å². The van der Waals surface area contributed by atoms with Crippen molar-refractivity contribution in [2.75, 3.05) is 38.1 Å². The second-order valence-corrected chi connectivity index (χ2v) is 5.20. The molecular weight excluding hydrogens is 269 g/mol. The van der Waals surface area contributed by atoms with Gasteiger partial charge in [-0.15, -0.1) is 0 Å². The van der Waals surface area contributed by atoms with Gasteiger partial charge in [0.25, 0.3) is 0 Å². The number of benzene rings is 1. The van der Waals surface area contributed by atoms with E-state index in [4.69, 9.17) is 4.74 Å². The third kappa shape index (κ3) is 3.49. The van der Waals surface area contributed by atoms with Crippen LogP contribution in [-0.4, -0.2) is 43.1 Å². The molecule has 2 heterocycles. The highest BCUT2D eigenvalue weighted by molar-refractivity contribution is 5.45. The summed E-state index contributed by atoms with van der Waals surface area (Å²) in [6.07, 6.45) is 1.72. The predicted octanol–water partition coefficient (Wildman–Crippen LogP) is 2.76. The van der Waals surface area contributed by atoms with Gasteiger partial charge in [0.2, 0.25) is 0 Å². The summed E-state index contributed by atoms with van der Waals surface area (Å²) in [6, 6.07) is 9.82. The van der Waals surface area contributed by atoms with Crippen LogP contribution < -0.4 is 9.64 Å². The number of hydrogen-bond acceptors (Lipinski definition) is 4. The monoisotopic (exact) mass is 287 g/mol. The Hall–Kier alpha value is -2.14. The molecule has 0 spiro atoms. The molecule has 1 aromatic carbocycles. The van der Waals surface area contributed by atoms with E-state index < -0.39 is 0 Å². The van der Waals surface area contributed by atoms with Crippen LogP contribution in [0.4, 0.5) is 10.2 Å². The lowest BCUT2D eigenvalue weighted by molar-refractivity contribution is 0.312. The predicted molar refractivity (Wildman–Crippen MR) is 80.4 cm³/mol. The molecule has 1 saturated heterocycles. The maximum Gasteiger partial charge on any atom is 0.132 e. The molecule has 2 aromatic rings. The van der Waals surface area contributed by atoms with E-state index in [1.54, 1.807) is 24.4 Å². The maximum absolute atomic E-state index is 13.2. The molecule has 0 saturated carbocycles. The lowest BCUT2D eigenvalue weighted by Crippen LogP contribution is -2.44. The first kappa shape index (κ1) is 13.8. The van der Waals surface area contributed by atoms with Crippen molar-refractivity contribution >= 4 is 5.82 Å². The zero-order valence-electron chi connectivity index (χ0n) is 12.0. The molecule has 3 rings (SSSR count). The van der Waals surface area contributed by atoms with E-state index >= 15 is 0 Å². The second-order valence-electron chi connectivity index (χ2n) is 5.20. The molecule has 110 valence electrons. The highest BCUT2D eigenvalue weighted by Crippen LogP contribution is 2.25. The molecule has 4 nitrogen and oxygen atoms in total. The van der Waals surface area contributed by atoms with Crippen molar-refractivity contribution in [2.24, 2.45) is 0 Å². The summed E-state index contributed by atoms with van der Waals surface area (Å²) in [5, 5.41) is 0. The van der Waals surface area contributed by atoms with Gasteiger partial charge in [-0.25, -0.2) is 9.37 Å². The summed E-state index contributed by atoms with van der Waals surface area (Å²) < 4.78 is 18.9. The molecule has 1 aliphatic heterocycles. The first-order valence-electron chi connectivity index (χ1n) is 7.04. The van der Waals surface area contributed by atoms with Crippen LogP contribution in [0, 0.1) is 5.82 Å². The summed E-state index contributed by atoms with van der Waals surface area (Å²) in [5.74, 6) is 1.76. The minimum Gasteiger partial charge on any atom is -0.457 e. The van der Waals surface area contributed by atoms with Gasteiger partial charge in [-0.05, 0) is 25.2 Å². The lowest BCUT2D eigenvalue weighted by atomic mass is 10.3. The standard InChI is InChI=1S/C16H18FN3O/c1-19-7-9-20(10-8-19)16-12-15(5-6-18-16)21-14-4-2-3-13(17)11-14/h2-6,11-12H,7-10H2,1H3. The molecular formula is C16H18FN3O. The fraction of sp³-hybridized carbons (Fsp3) is 0.312. The van der Waals surface area contributed by atoms with Crippen molar-refractivity contribution in [1.82, 2.24) is 9.88 Å². The number of aromatic nitrogens is 1. The van der Waals surface area contributed by atoms with E-state index in [0.717, 1.165) is 32.0 Å². The fourth-order valence-electron chi connectivity index (χ4n) is 2.34. The quantitative estimate of drug-likeness (QED) is 0.868. The third-order valence-electron chi connectivity index (χ3n) is 3.58.